The van der Waals surface area contributed by atoms with Gasteiger partial charge >= 0.3 is 0 Å². The lowest BCUT2D eigenvalue weighted by molar-refractivity contribution is 0.346. The molecule has 0 aromatic heterocycles. The molecule has 1 saturated carbocycles. The molecule has 0 saturated heterocycles. The quantitative estimate of drug-likeness (QED) is 0.762. The second kappa shape index (κ2) is 4.23. The van der Waals surface area contributed by atoms with Crippen LogP contribution >= 0.6 is 11.8 Å². The Hall–Kier alpha value is -0.0200. The fraction of sp³-hybridized carbons (Fsp3) is 0.909. The molecule has 2 nitrogen and oxygen atoms in total. The Balaban J connectivity index is 1.98. The van der Waals surface area contributed by atoms with Crippen LogP contribution in [0.3, 0.4) is 0 Å². The van der Waals surface area contributed by atoms with Gasteiger partial charge in [-0.2, -0.15) is 0 Å². The summed E-state index contributed by atoms with van der Waals surface area (Å²) in [5.74, 6) is 1.37. The van der Waals surface area contributed by atoms with E-state index >= 15 is 0 Å². The Kier molecular flexibility index (Phi) is 3.17. The molecule has 0 amide bonds. The van der Waals surface area contributed by atoms with Crippen LogP contribution in [0, 0.1) is 11.8 Å². The molecule has 1 fully saturated rings. The second-order valence-electron chi connectivity index (χ2n) is 4.76. The molecule has 1 heterocycles. The van der Waals surface area contributed by atoms with Gasteiger partial charge < -0.3 is 5.73 Å². The lowest BCUT2D eigenvalue weighted by atomic mass is 9.86. The van der Waals surface area contributed by atoms with Crippen molar-refractivity contribution in [1.29, 1.82) is 0 Å². The number of hydrogen-bond acceptors (Lipinski definition) is 3. The van der Waals surface area contributed by atoms with Crippen LogP contribution in [0.4, 0.5) is 0 Å². The van der Waals surface area contributed by atoms with Crippen molar-refractivity contribution in [2.24, 2.45) is 22.6 Å². The van der Waals surface area contributed by atoms with Crippen molar-refractivity contribution in [1.82, 2.24) is 0 Å². The SMILES string of the molecule is CC(C)C1=NC2CCC(CN)CC2S1. The average molecular weight is 212 g/mol. The summed E-state index contributed by atoms with van der Waals surface area (Å²) < 4.78 is 0. The van der Waals surface area contributed by atoms with E-state index in [4.69, 9.17) is 10.7 Å². The maximum Gasteiger partial charge on any atom is 0.0708 e. The first-order valence-electron chi connectivity index (χ1n) is 5.65. The summed E-state index contributed by atoms with van der Waals surface area (Å²) in [6.07, 6.45) is 3.83. The van der Waals surface area contributed by atoms with Crippen LogP contribution in [0.25, 0.3) is 0 Å². The monoisotopic (exact) mass is 212 g/mol. The topological polar surface area (TPSA) is 38.4 Å². The third-order valence-corrected chi connectivity index (χ3v) is 4.89. The summed E-state index contributed by atoms with van der Waals surface area (Å²) in [6.45, 7) is 5.34. The first-order valence-corrected chi connectivity index (χ1v) is 6.53. The Morgan fingerprint density at radius 3 is 2.93 bits per heavy atom. The Labute approximate surface area is 90.7 Å². The number of thioether (sulfide) groups is 1. The molecular formula is C11H20N2S. The Morgan fingerprint density at radius 2 is 2.29 bits per heavy atom. The lowest BCUT2D eigenvalue weighted by Gasteiger charge is -2.28. The lowest BCUT2D eigenvalue weighted by Crippen LogP contribution is -2.31. The van der Waals surface area contributed by atoms with Crippen molar-refractivity contribution in [3.05, 3.63) is 0 Å². The number of rotatable bonds is 2. The van der Waals surface area contributed by atoms with Crippen molar-refractivity contribution in [2.75, 3.05) is 6.54 Å². The third kappa shape index (κ3) is 1.98. The molecule has 0 aromatic rings. The highest BCUT2D eigenvalue weighted by Gasteiger charge is 2.36. The summed E-state index contributed by atoms with van der Waals surface area (Å²) >= 11 is 2.02. The maximum atomic E-state index is 5.73. The summed E-state index contributed by atoms with van der Waals surface area (Å²) in [6, 6.07) is 0.611. The van der Waals surface area contributed by atoms with Crippen LogP contribution in [0.2, 0.25) is 0 Å². The molecular weight excluding hydrogens is 192 g/mol. The molecule has 1 aliphatic heterocycles. The van der Waals surface area contributed by atoms with Crippen molar-refractivity contribution >= 4 is 16.8 Å². The number of fused-ring (bicyclic) bond motifs is 1. The fourth-order valence-electron chi connectivity index (χ4n) is 2.32. The molecule has 14 heavy (non-hydrogen) atoms. The zero-order chi connectivity index (χ0) is 10.1. The number of nitrogens with two attached hydrogens (primary N) is 1. The first kappa shape index (κ1) is 10.5. The zero-order valence-corrected chi connectivity index (χ0v) is 9.89. The predicted octanol–water partition coefficient (Wildman–Crippen LogP) is 2.28. The molecule has 2 rings (SSSR count). The summed E-state index contributed by atoms with van der Waals surface area (Å²) in [5, 5.41) is 2.12. The van der Waals surface area contributed by atoms with E-state index in [1.165, 1.54) is 24.3 Å². The molecule has 1 aliphatic carbocycles. The van der Waals surface area contributed by atoms with Crippen LogP contribution in [0.15, 0.2) is 4.99 Å². The molecule has 0 spiro atoms. The van der Waals surface area contributed by atoms with E-state index in [0.717, 1.165) is 17.7 Å². The minimum absolute atomic E-state index is 0.611. The number of hydrogen-bond donors (Lipinski definition) is 1. The van der Waals surface area contributed by atoms with Crippen molar-refractivity contribution < 1.29 is 0 Å². The van der Waals surface area contributed by atoms with Gasteiger partial charge in [-0.05, 0) is 31.7 Å². The molecule has 3 unspecified atom stereocenters. The van der Waals surface area contributed by atoms with Crippen molar-refractivity contribution in [3.63, 3.8) is 0 Å². The van der Waals surface area contributed by atoms with Crippen LogP contribution < -0.4 is 5.73 Å². The average Bonchev–Trinajstić information content (AvgIpc) is 2.59. The zero-order valence-electron chi connectivity index (χ0n) is 9.07. The van der Waals surface area contributed by atoms with E-state index in [-0.39, 0.29) is 0 Å². The van der Waals surface area contributed by atoms with Gasteiger partial charge in [0.1, 0.15) is 0 Å². The molecule has 3 heteroatoms. The summed E-state index contributed by atoms with van der Waals surface area (Å²) in [4.78, 5) is 4.82. The first-order chi connectivity index (χ1) is 6.70. The number of nitrogens with zero attached hydrogens (tertiary/aromatic N) is 1. The number of aliphatic imine (C=N–C) groups is 1. The summed E-state index contributed by atoms with van der Waals surface area (Å²) in [5.41, 5.74) is 5.73. The molecule has 80 valence electrons. The minimum atomic E-state index is 0.611. The Morgan fingerprint density at radius 1 is 1.50 bits per heavy atom. The third-order valence-electron chi connectivity index (χ3n) is 3.26. The molecule has 0 bridgehead atoms. The van der Waals surface area contributed by atoms with Gasteiger partial charge in [-0.15, -0.1) is 11.8 Å². The van der Waals surface area contributed by atoms with Gasteiger partial charge in [0.15, 0.2) is 0 Å². The van der Waals surface area contributed by atoms with Crippen LogP contribution in [-0.2, 0) is 0 Å². The summed E-state index contributed by atoms with van der Waals surface area (Å²) in [7, 11) is 0. The van der Waals surface area contributed by atoms with Gasteiger partial charge in [0.25, 0.3) is 0 Å². The highest BCUT2D eigenvalue weighted by molar-refractivity contribution is 8.14. The minimum Gasteiger partial charge on any atom is -0.330 e. The van der Waals surface area contributed by atoms with E-state index in [1.807, 2.05) is 11.8 Å². The van der Waals surface area contributed by atoms with Gasteiger partial charge in [-0.3, -0.25) is 4.99 Å². The highest BCUT2D eigenvalue weighted by Crippen LogP contribution is 2.40. The van der Waals surface area contributed by atoms with Crippen molar-refractivity contribution in [3.8, 4) is 0 Å². The highest BCUT2D eigenvalue weighted by atomic mass is 32.2. The Bertz CT molecular complexity index is 237. The van der Waals surface area contributed by atoms with Gasteiger partial charge in [0, 0.05) is 11.2 Å². The maximum absolute atomic E-state index is 5.73. The smallest absolute Gasteiger partial charge is 0.0708 e. The molecule has 3 atom stereocenters. The van der Waals surface area contributed by atoms with Gasteiger partial charge in [0.05, 0.1) is 11.1 Å². The van der Waals surface area contributed by atoms with E-state index in [0.29, 0.717) is 12.0 Å². The fourth-order valence-corrected chi connectivity index (χ4v) is 3.82. The van der Waals surface area contributed by atoms with E-state index < -0.39 is 0 Å². The van der Waals surface area contributed by atoms with E-state index in [9.17, 15) is 0 Å². The molecule has 2 aliphatic rings. The van der Waals surface area contributed by atoms with Gasteiger partial charge in [-0.1, -0.05) is 13.8 Å². The van der Waals surface area contributed by atoms with Gasteiger partial charge in [0.2, 0.25) is 0 Å². The predicted molar refractivity (Wildman–Crippen MR) is 63.8 cm³/mol. The van der Waals surface area contributed by atoms with Gasteiger partial charge in [-0.25, -0.2) is 0 Å². The van der Waals surface area contributed by atoms with Crippen LogP contribution in [0.5, 0.6) is 0 Å². The normalized spacial score (nSPS) is 37.1. The largest absolute Gasteiger partial charge is 0.330 e. The molecule has 0 aromatic carbocycles. The standard InChI is InChI=1S/C11H20N2S/c1-7(2)11-13-9-4-3-8(6-12)5-10(9)14-11/h7-10H,3-6,12H2,1-2H3. The van der Waals surface area contributed by atoms with E-state index in [2.05, 4.69) is 13.8 Å². The van der Waals surface area contributed by atoms with E-state index in [1.54, 1.807) is 0 Å². The molecule has 0 radical (unpaired) electrons. The molecule has 2 N–H and O–H groups in total. The van der Waals surface area contributed by atoms with Crippen molar-refractivity contribution in [2.45, 2.75) is 44.4 Å². The van der Waals surface area contributed by atoms with Crippen LogP contribution in [0.1, 0.15) is 33.1 Å². The second-order valence-corrected chi connectivity index (χ2v) is 6.02. The van der Waals surface area contributed by atoms with Crippen LogP contribution in [-0.4, -0.2) is 22.9 Å².